The van der Waals surface area contributed by atoms with Crippen molar-refractivity contribution in [2.24, 2.45) is 5.92 Å². The topological polar surface area (TPSA) is 21.3 Å². The quantitative estimate of drug-likeness (QED) is 0.863. The third kappa shape index (κ3) is 5.55. The second-order valence-electron chi connectivity index (χ2n) is 4.89. The SMILES string of the molecule is Cc1cc(Br)ccc1OCC(C)CNC(C)C. The van der Waals surface area contributed by atoms with Crippen molar-refractivity contribution in [1.82, 2.24) is 5.32 Å². The number of nitrogens with one attached hydrogen (secondary N) is 1. The van der Waals surface area contributed by atoms with Gasteiger partial charge in [0, 0.05) is 23.0 Å². The first-order valence-electron chi connectivity index (χ1n) is 6.11. The van der Waals surface area contributed by atoms with Crippen LogP contribution in [-0.2, 0) is 0 Å². The highest BCUT2D eigenvalue weighted by Gasteiger charge is 2.06. The van der Waals surface area contributed by atoms with Crippen LogP contribution in [0.5, 0.6) is 5.75 Å². The predicted octanol–water partition coefficient (Wildman–Crippen LogP) is 3.77. The highest BCUT2D eigenvalue weighted by atomic mass is 79.9. The summed E-state index contributed by atoms with van der Waals surface area (Å²) in [5, 5.41) is 3.42. The maximum Gasteiger partial charge on any atom is 0.122 e. The van der Waals surface area contributed by atoms with Gasteiger partial charge in [0.25, 0.3) is 0 Å². The van der Waals surface area contributed by atoms with Gasteiger partial charge in [-0.05, 0) is 30.7 Å². The molecule has 0 aromatic heterocycles. The third-order valence-electron chi connectivity index (χ3n) is 2.53. The van der Waals surface area contributed by atoms with Gasteiger partial charge in [-0.15, -0.1) is 0 Å². The fraction of sp³-hybridized carbons (Fsp3) is 0.571. The van der Waals surface area contributed by atoms with E-state index < -0.39 is 0 Å². The van der Waals surface area contributed by atoms with Gasteiger partial charge in [0.1, 0.15) is 5.75 Å². The van der Waals surface area contributed by atoms with Gasteiger partial charge >= 0.3 is 0 Å². The van der Waals surface area contributed by atoms with Gasteiger partial charge < -0.3 is 10.1 Å². The van der Waals surface area contributed by atoms with Gasteiger partial charge in [-0.25, -0.2) is 0 Å². The monoisotopic (exact) mass is 299 g/mol. The molecule has 1 rings (SSSR count). The maximum absolute atomic E-state index is 5.83. The van der Waals surface area contributed by atoms with Crippen molar-refractivity contribution in [1.29, 1.82) is 0 Å². The molecule has 0 aliphatic carbocycles. The Bertz CT molecular complexity index is 352. The van der Waals surface area contributed by atoms with Crippen LogP contribution in [0.1, 0.15) is 26.3 Å². The van der Waals surface area contributed by atoms with Crippen LogP contribution in [0.4, 0.5) is 0 Å². The Morgan fingerprint density at radius 2 is 2.00 bits per heavy atom. The fourth-order valence-corrected chi connectivity index (χ4v) is 1.98. The summed E-state index contributed by atoms with van der Waals surface area (Å²) in [5.41, 5.74) is 1.17. The van der Waals surface area contributed by atoms with Crippen LogP contribution in [0.2, 0.25) is 0 Å². The van der Waals surface area contributed by atoms with Crippen LogP contribution in [0, 0.1) is 12.8 Å². The van der Waals surface area contributed by atoms with Gasteiger partial charge in [0.05, 0.1) is 6.61 Å². The summed E-state index contributed by atoms with van der Waals surface area (Å²) >= 11 is 3.45. The molecule has 1 N–H and O–H groups in total. The van der Waals surface area contributed by atoms with Crippen LogP contribution in [0.3, 0.4) is 0 Å². The molecule has 96 valence electrons. The zero-order chi connectivity index (χ0) is 12.8. The summed E-state index contributed by atoms with van der Waals surface area (Å²) in [6.07, 6.45) is 0. The second kappa shape index (κ2) is 7.02. The lowest BCUT2D eigenvalue weighted by molar-refractivity contribution is 0.251. The molecule has 3 heteroatoms. The number of halogens is 1. The Hall–Kier alpha value is -0.540. The average molecular weight is 300 g/mol. The van der Waals surface area contributed by atoms with E-state index in [-0.39, 0.29) is 0 Å². The van der Waals surface area contributed by atoms with Crippen molar-refractivity contribution in [3.05, 3.63) is 28.2 Å². The molecule has 0 aliphatic heterocycles. The number of benzene rings is 1. The van der Waals surface area contributed by atoms with Crippen LogP contribution in [0.25, 0.3) is 0 Å². The minimum absolute atomic E-state index is 0.514. The summed E-state index contributed by atoms with van der Waals surface area (Å²) in [4.78, 5) is 0. The first kappa shape index (κ1) is 14.5. The van der Waals surface area contributed by atoms with E-state index in [2.05, 4.69) is 55.0 Å². The smallest absolute Gasteiger partial charge is 0.122 e. The normalized spacial score (nSPS) is 12.8. The van der Waals surface area contributed by atoms with Crippen molar-refractivity contribution in [2.75, 3.05) is 13.2 Å². The van der Waals surface area contributed by atoms with Crippen LogP contribution in [0.15, 0.2) is 22.7 Å². The van der Waals surface area contributed by atoms with E-state index in [1.807, 2.05) is 12.1 Å². The lowest BCUT2D eigenvalue weighted by Gasteiger charge is -2.16. The molecule has 0 spiro atoms. The van der Waals surface area contributed by atoms with Gasteiger partial charge in [-0.3, -0.25) is 0 Å². The van der Waals surface area contributed by atoms with E-state index in [1.165, 1.54) is 5.56 Å². The van der Waals surface area contributed by atoms with Crippen molar-refractivity contribution in [3.63, 3.8) is 0 Å². The molecular weight excluding hydrogens is 278 g/mol. The Labute approximate surface area is 113 Å². The maximum atomic E-state index is 5.83. The van der Waals surface area contributed by atoms with Gasteiger partial charge in [-0.1, -0.05) is 36.7 Å². The molecule has 0 bridgehead atoms. The molecule has 1 aromatic carbocycles. The van der Waals surface area contributed by atoms with Crippen LogP contribution >= 0.6 is 15.9 Å². The van der Waals surface area contributed by atoms with Crippen molar-refractivity contribution < 1.29 is 4.74 Å². The predicted molar refractivity (Wildman–Crippen MR) is 76.7 cm³/mol. The standard InChI is InChI=1S/C14H22BrNO/c1-10(2)16-8-11(3)9-17-14-6-5-13(15)7-12(14)4/h5-7,10-11,16H,8-9H2,1-4H3. The van der Waals surface area contributed by atoms with Gasteiger partial charge in [-0.2, -0.15) is 0 Å². The zero-order valence-electron chi connectivity index (χ0n) is 11.1. The average Bonchev–Trinajstić information content (AvgIpc) is 2.25. The lowest BCUT2D eigenvalue weighted by atomic mass is 10.2. The summed E-state index contributed by atoms with van der Waals surface area (Å²) < 4.78 is 6.92. The molecule has 0 saturated heterocycles. The number of rotatable bonds is 6. The second-order valence-corrected chi connectivity index (χ2v) is 5.80. The van der Waals surface area contributed by atoms with Crippen LogP contribution in [-0.4, -0.2) is 19.2 Å². The molecule has 1 unspecified atom stereocenters. The number of hydrogen-bond donors (Lipinski definition) is 1. The van der Waals surface area contributed by atoms with E-state index in [9.17, 15) is 0 Å². The number of aryl methyl sites for hydroxylation is 1. The molecule has 0 radical (unpaired) electrons. The van der Waals surface area contributed by atoms with E-state index in [1.54, 1.807) is 0 Å². The summed E-state index contributed by atoms with van der Waals surface area (Å²) in [6.45, 7) is 10.3. The van der Waals surface area contributed by atoms with Crippen LogP contribution < -0.4 is 10.1 Å². The van der Waals surface area contributed by atoms with Crippen molar-refractivity contribution >= 4 is 15.9 Å². The van der Waals surface area contributed by atoms with E-state index in [0.29, 0.717) is 12.0 Å². The molecule has 1 atom stereocenters. The largest absolute Gasteiger partial charge is 0.493 e. The highest BCUT2D eigenvalue weighted by Crippen LogP contribution is 2.22. The van der Waals surface area contributed by atoms with Gasteiger partial charge in [0.2, 0.25) is 0 Å². The number of ether oxygens (including phenoxy) is 1. The first-order chi connectivity index (χ1) is 7.99. The Morgan fingerprint density at radius 1 is 1.29 bits per heavy atom. The Kier molecular flexibility index (Phi) is 6.00. The zero-order valence-corrected chi connectivity index (χ0v) is 12.7. The summed E-state index contributed by atoms with van der Waals surface area (Å²) in [6, 6.07) is 6.64. The number of hydrogen-bond acceptors (Lipinski definition) is 2. The Balaban J connectivity index is 2.39. The third-order valence-corrected chi connectivity index (χ3v) is 3.03. The molecule has 0 amide bonds. The summed E-state index contributed by atoms with van der Waals surface area (Å²) in [7, 11) is 0. The molecule has 0 heterocycles. The highest BCUT2D eigenvalue weighted by molar-refractivity contribution is 9.10. The van der Waals surface area contributed by atoms with Crippen molar-refractivity contribution in [3.8, 4) is 5.75 Å². The Morgan fingerprint density at radius 3 is 2.59 bits per heavy atom. The van der Waals surface area contributed by atoms with Crippen molar-refractivity contribution in [2.45, 2.75) is 33.7 Å². The fourth-order valence-electron chi connectivity index (χ4n) is 1.50. The van der Waals surface area contributed by atoms with E-state index >= 15 is 0 Å². The molecule has 1 aromatic rings. The molecule has 2 nitrogen and oxygen atoms in total. The van der Waals surface area contributed by atoms with E-state index in [4.69, 9.17) is 4.74 Å². The first-order valence-corrected chi connectivity index (χ1v) is 6.90. The minimum Gasteiger partial charge on any atom is -0.493 e. The van der Waals surface area contributed by atoms with E-state index in [0.717, 1.165) is 23.4 Å². The molecule has 17 heavy (non-hydrogen) atoms. The lowest BCUT2D eigenvalue weighted by Crippen LogP contribution is -2.30. The summed E-state index contributed by atoms with van der Waals surface area (Å²) in [5.74, 6) is 1.49. The molecular formula is C14H22BrNO. The molecule has 0 fully saturated rings. The molecule has 0 saturated carbocycles. The minimum atomic E-state index is 0.514. The van der Waals surface area contributed by atoms with Gasteiger partial charge in [0.15, 0.2) is 0 Å². The molecule has 0 aliphatic rings.